The van der Waals surface area contributed by atoms with Crippen molar-refractivity contribution < 1.29 is 4.42 Å². The molecule has 2 aromatic heterocycles. The SMILES string of the molecule is c1ccc(-c2cccc(N(c3ccccc3)c3ccc4c(c3)oc3cccc(-c5cccc(-c6cc(-c7ccccc7)nc(-c7ccccc7)n6)c5)c34)c2)cc1. The Balaban J connectivity index is 1.07. The summed E-state index contributed by atoms with van der Waals surface area (Å²) in [7, 11) is 0. The van der Waals surface area contributed by atoms with E-state index in [2.05, 4.69) is 181 Å². The first-order chi connectivity index (χ1) is 27.7. The van der Waals surface area contributed by atoms with E-state index in [1.807, 2.05) is 36.4 Å². The molecular weight excluding hydrogens is 683 g/mol. The molecule has 2 heterocycles. The first-order valence-corrected chi connectivity index (χ1v) is 18.8. The molecule has 0 bridgehead atoms. The summed E-state index contributed by atoms with van der Waals surface area (Å²) in [5.41, 5.74) is 14.2. The standard InChI is InChI=1S/C52H35N3O/c1-5-16-36(17-6-1)39-22-14-27-43(33-39)55(42-25-11-4-12-26-42)44-30-31-46-50(34-44)56-49-29-15-28-45(51(46)49)40-23-13-24-41(32-40)48-35-47(37-18-7-2-8-19-37)53-52(54-48)38-20-9-3-10-21-38/h1-35H. The summed E-state index contributed by atoms with van der Waals surface area (Å²) in [5, 5.41) is 2.15. The van der Waals surface area contributed by atoms with E-state index < -0.39 is 0 Å². The second kappa shape index (κ2) is 14.3. The minimum atomic E-state index is 0.697. The fourth-order valence-corrected chi connectivity index (χ4v) is 7.59. The molecule has 0 aliphatic heterocycles. The Labute approximate surface area is 325 Å². The van der Waals surface area contributed by atoms with Gasteiger partial charge in [0.15, 0.2) is 5.82 Å². The fourth-order valence-electron chi connectivity index (χ4n) is 7.59. The van der Waals surface area contributed by atoms with Crippen molar-refractivity contribution in [2.24, 2.45) is 0 Å². The zero-order chi connectivity index (χ0) is 37.3. The van der Waals surface area contributed by atoms with Gasteiger partial charge in [-0.1, -0.05) is 152 Å². The lowest BCUT2D eigenvalue weighted by molar-refractivity contribution is 0.669. The number of hydrogen-bond donors (Lipinski definition) is 0. The summed E-state index contributed by atoms with van der Waals surface area (Å²) < 4.78 is 6.67. The predicted molar refractivity (Wildman–Crippen MR) is 231 cm³/mol. The molecule has 10 rings (SSSR count). The zero-order valence-electron chi connectivity index (χ0n) is 30.5. The van der Waals surface area contributed by atoms with Gasteiger partial charge in [-0.2, -0.15) is 0 Å². The number of hydrogen-bond acceptors (Lipinski definition) is 4. The lowest BCUT2D eigenvalue weighted by atomic mass is 9.96. The van der Waals surface area contributed by atoms with Crippen LogP contribution in [-0.2, 0) is 0 Å². The fraction of sp³-hybridized carbons (Fsp3) is 0. The molecule has 56 heavy (non-hydrogen) atoms. The van der Waals surface area contributed by atoms with Crippen molar-refractivity contribution in [3.63, 3.8) is 0 Å². The van der Waals surface area contributed by atoms with Crippen LogP contribution < -0.4 is 4.90 Å². The number of para-hydroxylation sites is 1. The van der Waals surface area contributed by atoms with E-state index in [9.17, 15) is 0 Å². The minimum absolute atomic E-state index is 0.697. The van der Waals surface area contributed by atoms with Gasteiger partial charge in [-0.25, -0.2) is 9.97 Å². The van der Waals surface area contributed by atoms with Crippen LogP contribution in [0.3, 0.4) is 0 Å². The van der Waals surface area contributed by atoms with Gasteiger partial charge in [0, 0.05) is 50.6 Å². The van der Waals surface area contributed by atoms with E-state index in [4.69, 9.17) is 14.4 Å². The molecule has 0 unspecified atom stereocenters. The Morgan fingerprint density at radius 2 is 0.893 bits per heavy atom. The molecule has 10 aromatic rings. The van der Waals surface area contributed by atoms with Crippen LogP contribution in [0.1, 0.15) is 0 Å². The molecule has 0 N–H and O–H groups in total. The lowest BCUT2D eigenvalue weighted by Crippen LogP contribution is -2.09. The summed E-state index contributed by atoms with van der Waals surface area (Å²) in [5.74, 6) is 0.697. The van der Waals surface area contributed by atoms with Crippen LogP contribution in [0.5, 0.6) is 0 Å². The number of benzene rings is 8. The highest BCUT2D eigenvalue weighted by molar-refractivity contribution is 6.13. The first kappa shape index (κ1) is 33.0. The molecule has 0 aliphatic rings. The molecule has 0 spiro atoms. The Bertz CT molecular complexity index is 2900. The van der Waals surface area contributed by atoms with Crippen molar-refractivity contribution in [1.82, 2.24) is 9.97 Å². The van der Waals surface area contributed by atoms with Crippen molar-refractivity contribution in [1.29, 1.82) is 0 Å². The van der Waals surface area contributed by atoms with Crippen LogP contribution in [-0.4, -0.2) is 9.97 Å². The normalized spacial score (nSPS) is 11.2. The Kier molecular flexibility index (Phi) is 8.47. The largest absolute Gasteiger partial charge is 0.456 e. The monoisotopic (exact) mass is 717 g/mol. The average molecular weight is 718 g/mol. The van der Waals surface area contributed by atoms with Crippen LogP contribution >= 0.6 is 0 Å². The highest BCUT2D eigenvalue weighted by Gasteiger charge is 2.19. The molecule has 0 saturated heterocycles. The molecule has 0 amide bonds. The molecule has 0 fully saturated rings. The van der Waals surface area contributed by atoms with E-state index in [0.717, 1.165) is 83.8 Å². The molecule has 0 radical (unpaired) electrons. The van der Waals surface area contributed by atoms with Crippen molar-refractivity contribution in [2.75, 3.05) is 4.90 Å². The van der Waals surface area contributed by atoms with Crippen LogP contribution in [0.2, 0.25) is 0 Å². The number of aromatic nitrogens is 2. The topological polar surface area (TPSA) is 42.2 Å². The smallest absolute Gasteiger partial charge is 0.160 e. The van der Waals surface area contributed by atoms with Crippen LogP contribution in [0.15, 0.2) is 217 Å². The number of nitrogens with zero attached hydrogens (tertiary/aromatic N) is 3. The molecule has 4 heteroatoms. The minimum Gasteiger partial charge on any atom is -0.456 e. The van der Waals surface area contributed by atoms with Gasteiger partial charge in [0.1, 0.15) is 11.2 Å². The van der Waals surface area contributed by atoms with Crippen molar-refractivity contribution in [2.45, 2.75) is 0 Å². The van der Waals surface area contributed by atoms with Crippen LogP contribution in [0.25, 0.3) is 78.1 Å². The van der Waals surface area contributed by atoms with E-state index in [0.29, 0.717) is 5.82 Å². The Hall–Kier alpha value is -7.56. The van der Waals surface area contributed by atoms with Gasteiger partial charge in [-0.3, -0.25) is 0 Å². The lowest BCUT2D eigenvalue weighted by Gasteiger charge is -2.26. The van der Waals surface area contributed by atoms with Gasteiger partial charge in [-0.15, -0.1) is 0 Å². The second-order valence-corrected chi connectivity index (χ2v) is 13.8. The maximum absolute atomic E-state index is 6.67. The molecule has 0 aliphatic carbocycles. The quantitative estimate of drug-likeness (QED) is 0.157. The summed E-state index contributed by atoms with van der Waals surface area (Å²) >= 11 is 0. The zero-order valence-corrected chi connectivity index (χ0v) is 30.5. The van der Waals surface area contributed by atoms with E-state index >= 15 is 0 Å². The molecular formula is C52H35N3O. The summed E-state index contributed by atoms with van der Waals surface area (Å²) in [6.45, 7) is 0. The van der Waals surface area contributed by atoms with E-state index in [1.54, 1.807) is 0 Å². The van der Waals surface area contributed by atoms with Gasteiger partial charge in [0.25, 0.3) is 0 Å². The molecule has 8 aromatic carbocycles. The Morgan fingerprint density at radius 1 is 0.339 bits per heavy atom. The summed E-state index contributed by atoms with van der Waals surface area (Å²) in [4.78, 5) is 12.4. The molecule has 4 nitrogen and oxygen atoms in total. The van der Waals surface area contributed by atoms with Crippen LogP contribution in [0, 0.1) is 0 Å². The molecule has 264 valence electrons. The predicted octanol–water partition coefficient (Wildman–Crippen LogP) is 14.2. The summed E-state index contributed by atoms with van der Waals surface area (Å²) in [6, 6.07) is 73.8. The van der Waals surface area contributed by atoms with Gasteiger partial charge in [0.05, 0.1) is 11.4 Å². The van der Waals surface area contributed by atoms with E-state index in [1.165, 1.54) is 5.56 Å². The van der Waals surface area contributed by atoms with Crippen molar-refractivity contribution in [3.8, 4) is 56.2 Å². The highest BCUT2D eigenvalue weighted by atomic mass is 16.3. The van der Waals surface area contributed by atoms with Crippen molar-refractivity contribution in [3.05, 3.63) is 212 Å². The molecule has 0 saturated carbocycles. The third kappa shape index (κ3) is 6.29. The summed E-state index contributed by atoms with van der Waals surface area (Å²) in [6.07, 6.45) is 0. The average Bonchev–Trinajstić information content (AvgIpc) is 3.66. The van der Waals surface area contributed by atoms with Gasteiger partial charge in [-0.05, 0) is 76.9 Å². The number of furan rings is 1. The maximum Gasteiger partial charge on any atom is 0.160 e. The maximum atomic E-state index is 6.67. The van der Waals surface area contributed by atoms with Gasteiger partial charge in [0.2, 0.25) is 0 Å². The third-order valence-corrected chi connectivity index (χ3v) is 10.3. The van der Waals surface area contributed by atoms with Gasteiger partial charge < -0.3 is 9.32 Å². The number of anilines is 3. The van der Waals surface area contributed by atoms with Gasteiger partial charge >= 0.3 is 0 Å². The van der Waals surface area contributed by atoms with Crippen LogP contribution in [0.4, 0.5) is 17.1 Å². The number of fused-ring (bicyclic) bond motifs is 3. The van der Waals surface area contributed by atoms with Crippen molar-refractivity contribution >= 4 is 39.0 Å². The highest BCUT2D eigenvalue weighted by Crippen LogP contribution is 2.42. The second-order valence-electron chi connectivity index (χ2n) is 13.8. The third-order valence-electron chi connectivity index (χ3n) is 10.3. The molecule has 0 atom stereocenters. The number of rotatable bonds is 8. The Morgan fingerprint density at radius 3 is 1.64 bits per heavy atom. The van der Waals surface area contributed by atoms with E-state index in [-0.39, 0.29) is 0 Å². The first-order valence-electron chi connectivity index (χ1n) is 18.8.